The fraction of sp³-hybridized carbons (Fsp3) is 0.323. The van der Waals surface area contributed by atoms with E-state index >= 15 is 0 Å². The second kappa shape index (κ2) is 21.7. The molecule has 0 radical (unpaired) electrons. The van der Waals surface area contributed by atoms with Crippen molar-refractivity contribution in [1.82, 2.24) is 10.2 Å². The minimum Gasteiger partial charge on any atom is -0.497 e. The van der Waals surface area contributed by atoms with Crippen LogP contribution in [0.5, 0.6) is 17.2 Å². The molecule has 0 heterocycles. The van der Waals surface area contributed by atoms with Crippen LogP contribution in [0.25, 0.3) is 0 Å². The van der Waals surface area contributed by atoms with Crippen LogP contribution in [0.15, 0.2) is 72.8 Å². The Bertz CT molecular complexity index is 1130. The Labute approximate surface area is 248 Å². The Balaban J connectivity index is 0.000000555. The predicted molar refractivity (Wildman–Crippen MR) is 163 cm³/mol. The number of amides is 2. The molecule has 0 aliphatic rings. The van der Waals surface area contributed by atoms with Gasteiger partial charge in [-0.15, -0.1) is 0 Å². The van der Waals surface area contributed by atoms with Gasteiger partial charge in [-0.05, 0) is 64.7 Å². The summed E-state index contributed by atoms with van der Waals surface area (Å²) in [5.41, 5.74) is 8.69. The molecule has 10 heteroatoms. The first-order chi connectivity index (χ1) is 19.4. The minimum absolute atomic E-state index is 0.0178. The van der Waals surface area contributed by atoms with Crippen LogP contribution in [0, 0.1) is 0 Å². The number of halogens is 1. The number of benzene rings is 3. The quantitative estimate of drug-likeness (QED) is 0.358. The van der Waals surface area contributed by atoms with E-state index in [0.717, 1.165) is 33.9 Å². The molecule has 0 aliphatic carbocycles. The van der Waals surface area contributed by atoms with Crippen LogP contribution in [0.1, 0.15) is 37.5 Å². The van der Waals surface area contributed by atoms with Gasteiger partial charge in [-0.1, -0.05) is 36.4 Å². The molecule has 3 aromatic rings. The lowest BCUT2D eigenvalue weighted by Crippen LogP contribution is -2.22. The van der Waals surface area contributed by atoms with E-state index < -0.39 is 0 Å². The summed E-state index contributed by atoms with van der Waals surface area (Å²) in [7, 11) is 6.70. The van der Waals surface area contributed by atoms with E-state index in [1.807, 2.05) is 72.8 Å². The fourth-order valence-corrected chi connectivity index (χ4v) is 2.85. The Morgan fingerprint density at radius 3 is 1.34 bits per heavy atom. The van der Waals surface area contributed by atoms with Crippen LogP contribution in [0.2, 0.25) is 0 Å². The van der Waals surface area contributed by atoms with Gasteiger partial charge in [0.05, 0.1) is 21.3 Å². The number of carbonyl (C=O) groups is 3. The van der Waals surface area contributed by atoms with Crippen LogP contribution >= 0.6 is 11.6 Å². The van der Waals surface area contributed by atoms with E-state index in [0.29, 0.717) is 19.6 Å². The molecule has 9 nitrogen and oxygen atoms in total. The molecule has 0 unspecified atom stereocenters. The zero-order valence-electron chi connectivity index (χ0n) is 24.9. The number of hydrogen-bond donors (Lipinski definition) is 2. The molecule has 3 N–H and O–H groups in total. The number of carbonyl (C=O) groups excluding carboxylic acids is 3. The smallest absolute Gasteiger partial charge is 0.219 e. The van der Waals surface area contributed by atoms with Crippen molar-refractivity contribution in [2.45, 2.75) is 40.4 Å². The van der Waals surface area contributed by atoms with Gasteiger partial charge < -0.3 is 30.2 Å². The van der Waals surface area contributed by atoms with Gasteiger partial charge in [0.25, 0.3) is 0 Å². The Hall–Kier alpha value is -4.08. The van der Waals surface area contributed by atoms with Crippen molar-refractivity contribution in [2.24, 2.45) is 5.73 Å². The Morgan fingerprint density at radius 2 is 1.05 bits per heavy atom. The first-order valence-electron chi connectivity index (χ1n) is 12.7. The molecule has 0 saturated carbocycles. The van der Waals surface area contributed by atoms with Gasteiger partial charge in [0.2, 0.25) is 17.1 Å². The summed E-state index contributed by atoms with van der Waals surface area (Å²) in [5.74, 6) is 2.58. The zero-order valence-corrected chi connectivity index (χ0v) is 25.7. The summed E-state index contributed by atoms with van der Waals surface area (Å²) in [4.78, 5) is 32.5. The number of nitrogens with zero attached hydrogens (tertiary/aromatic N) is 1. The molecule has 3 rings (SSSR count). The van der Waals surface area contributed by atoms with Crippen molar-refractivity contribution >= 4 is 28.7 Å². The number of ether oxygens (including phenoxy) is 3. The predicted octanol–water partition coefficient (Wildman–Crippen LogP) is 4.93. The average molecular weight is 588 g/mol. The maximum absolute atomic E-state index is 11.0. The van der Waals surface area contributed by atoms with Crippen molar-refractivity contribution in [2.75, 3.05) is 28.4 Å². The number of hydrogen-bond acceptors (Lipinski definition) is 7. The highest BCUT2D eigenvalue weighted by Crippen LogP contribution is 2.13. The average Bonchev–Trinajstić information content (AvgIpc) is 2.97. The summed E-state index contributed by atoms with van der Waals surface area (Å²) in [6, 6.07) is 23.0. The Kier molecular flexibility index (Phi) is 19.5. The summed E-state index contributed by atoms with van der Waals surface area (Å²) in [5, 5.41) is 2.36. The van der Waals surface area contributed by atoms with Crippen LogP contribution < -0.4 is 25.3 Å². The topological polar surface area (TPSA) is 120 Å². The van der Waals surface area contributed by atoms with Crippen LogP contribution in [-0.2, 0) is 34.0 Å². The maximum atomic E-state index is 11.0. The SMILES string of the molecule is CC(=O)Cl.COc1ccc(CN(C)C(C)=O)cc1.COc1ccc(CN)cc1.COc1ccc(CNC(C)=O)cc1. The van der Waals surface area contributed by atoms with Gasteiger partial charge in [-0.3, -0.25) is 14.4 Å². The van der Waals surface area contributed by atoms with Gasteiger partial charge in [0, 0.05) is 47.5 Å². The van der Waals surface area contributed by atoms with Crippen molar-refractivity contribution in [1.29, 1.82) is 0 Å². The van der Waals surface area contributed by atoms with Gasteiger partial charge in [-0.2, -0.15) is 0 Å². The van der Waals surface area contributed by atoms with E-state index in [2.05, 4.69) is 16.9 Å². The van der Waals surface area contributed by atoms with E-state index in [1.54, 1.807) is 40.2 Å². The summed E-state index contributed by atoms with van der Waals surface area (Å²) < 4.78 is 15.0. The van der Waals surface area contributed by atoms with E-state index in [9.17, 15) is 14.4 Å². The summed E-state index contributed by atoms with van der Waals surface area (Å²) >= 11 is 4.64. The lowest BCUT2D eigenvalue weighted by Gasteiger charge is -2.14. The van der Waals surface area contributed by atoms with Gasteiger partial charge in [0.15, 0.2) is 0 Å². The summed E-state index contributed by atoms with van der Waals surface area (Å²) in [6.07, 6.45) is 0. The number of nitrogens with two attached hydrogens (primary N) is 1. The largest absolute Gasteiger partial charge is 0.497 e. The molecule has 0 spiro atoms. The molecule has 3 aromatic carbocycles. The Morgan fingerprint density at radius 1 is 0.707 bits per heavy atom. The first-order valence-corrected chi connectivity index (χ1v) is 13.0. The van der Waals surface area contributed by atoms with Crippen molar-refractivity contribution in [3.8, 4) is 17.2 Å². The van der Waals surface area contributed by atoms with Crippen molar-refractivity contribution in [3.05, 3.63) is 89.5 Å². The molecular weight excluding hydrogens is 546 g/mol. The molecule has 224 valence electrons. The normalized spacial score (nSPS) is 9.20. The van der Waals surface area contributed by atoms with Crippen LogP contribution in [0.4, 0.5) is 0 Å². The fourth-order valence-electron chi connectivity index (χ4n) is 2.85. The summed E-state index contributed by atoms with van der Waals surface area (Å²) in [6.45, 7) is 6.15. The molecular formula is C31H42ClN3O6. The molecule has 41 heavy (non-hydrogen) atoms. The van der Waals surface area contributed by atoms with E-state index in [1.165, 1.54) is 13.8 Å². The van der Waals surface area contributed by atoms with Crippen molar-refractivity contribution < 1.29 is 28.6 Å². The molecule has 0 bridgehead atoms. The van der Waals surface area contributed by atoms with Gasteiger partial charge in [0.1, 0.15) is 17.2 Å². The third-order valence-corrected chi connectivity index (χ3v) is 5.21. The first kappa shape index (κ1) is 36.9. The number of rotatable bonds is 8. The maximum Gasteiger partial charge on any atom is 0.219 e. The van der Waals surface area contributed by atoms with Gasteiger partial charge in [-0.25, -0.2) is 0 Å². The molecule has 0 aromatic heterocycles. The van der Waals surface area contributed by atoms with Crippen LogP contribution in [-0.4, -0.2) is 50.3 Å². The van der Waals surface area contributed by atoms with Crippen molar-refractivity contribution in [3.63, 3.8) is 0 Å². The third-order valence-electron chi connectivity index (χ3n) is 5.21. The molecule has 0 atom stereocenters. The molecule has 2 amide bonds. The second-order valence-corrected chi connectivity index (χ2v) is 9.04. The third kappa shape index (κ3) is 18.8. The molecule has 0 fully saturated rings. The van der Waals surface area contributed by atoms with E-state index in [4.69, 9.17) is 19.9 Å². The van der Waals surface area contributed by atoms with E-state index in [-0.39, 0.29) is 17.1 Å². The lowest BCUT2D eigenvalue weighted by atomic mass is 10.2. The zero-order chi connectivity index (χ0) is 31.2. The standard InChI is InChI=1S/C11H15NO2.C10H13NO2.C8H11NO.C2H3ClO/c1-9(13)12(2)8-10-4-6-11(14-3)7-5-10;1-8(12)11-7-9-3-5-10(13-2)6-4-9;1-10-8-4-2-7(6-9)3-5-8;1-2(3)4/h4-7H,8H2,1-3H3;3-6H,7H2,1-2H3,(H,11,12);2-5H,6,9H2,1H3;1H3. The lowest BCUT2D eigenvalue weighted by molar-refractivity contribution is -0.128. The molecule has 0 saturated heterocycles. The highest BCUT2D eigenvalue weighted by molar-refractivity contribution is 6.62. The molecule has 0 aliphatic heterocycles. The second-order valence-electron chi connectivity index (χ2n) is 8.50. The monoisotopic (exact) mass is 587 g/mol. The minimum atomic E-state index is -0.361. The highest BCUT2D eigenvalue weighted by Gasteiger charge is 2.02. The number of nitrogens with one attached hydrogen (secondary N) is 1. The van der Waals surface area contributed by atoms with Gasteiger partial charge >= 0.3 is 0 Å². The van der Waals surface area contributed by atoms with Crippen LogP contribution in [0.3, 0.4) is 0 Å². The highest BCUT2D eigenvalue weighted by atomic mass is 35.5. The number of methoxy groups -OCH3 is 3.